The third-order valence-corrected chi connectivity index (χ3v) is 3.84. The average Bonchev–Trinajstić information content (AvgIpc) is 2.58. The van der Waals surface area contributed by atoms with Crippen LogP contribution in [-0.2, 0) is 9.53 Å². The lowest BCUT2D eigenvalue weighted by Crippen LogP contribution is -2.02. The van der Waals surface area contributed by atoms with E-state index in [4.69, 9.17) is 10.8 Å². The van der Waals surface area contributed by atoms with Gasteiger partial charge in [0, 0.05) is 13.0 Å². The molecule has 0 fully saturated rings. The van der Waals surface area contributed by atoms with E-state index in [0.717, 1.165) is 6.42 Å². The first-order valence-electron chi connectivity index (χ1n) is 9.60. The Morgan fingerprint density at radius 1 is 0.826 bits per heavy atom. The van der Waals surface area contributed by atoms with Crippen LogP contribution in [0, 0.1) is 0 Å². The summed E-state index contributed by atoms with van der Waals surface area (Å²) in [6.07, 6.45) is 18.0. The van der Waals surface area contributed by atoms with E-state index in [9.17, 15) is 4.79 Å². The molecule has 0 saturated heterocycles. The molecular formula is C19H41NO3. The number of aliphatic hydroxyl groups is 1. The van der Waals surface area contributed by atoms with Crippen molar-refractivity contribution in [2.24, 2.45) is 5.73 Å². The van der Waals surface area contributed by atoms with Crippen LogP contribution in [0.2, 0.25) is 0 Å². The van der Waals surface area contributed by atoms with Gasteiger partial charge in [0.25, 0.3) is 0 Å². The first-order valence-corrected chi connectivity index (χ1v) is 9.60. The predicted octanol–water partition coefficient (Wildman–Crippen LogP) is 4.58. The van der Waals surface area contributed by atoms with Crippen molar-refractivity contribution in [1.29, 1.82) is 0 Å². The molecule has 0 aromatic carbocycles. The van der Waals surface area contributed by atoms with E-state index in [1.165, 1.54) is 84.2 Å². The van der Waals surface area contributed by atoms with Gasteiger partial charge in [-0.1, -0.05) is 84.0 Å². The second-order valence-corrected chi connectivity index (χ2v) is 6.08. The lowest BCUT2D eigenvalue weighted by Gasteiger charge is -2.03. The highest BCUT2D eigenvalue weighted by molar-refractivity contribution is 5.68. The monoisotopic (exact) mass is 331 g/mol. The number of hydrogen-bond donors (Lipinski definition) is 2. The van der Waals surface area contributed by atoms with Gasteiger partial charge >= 0.3 is 5.97 Å². The Hall–Kier alpha value is -0.610. The molecule has 0 radical (unpaired) electrons. The summed E-state index contributed by atoms with van der Waals surface area (Å²) in [5.74, 6) is -0.0666. The number of nitrogens with two attached hydrogens (primary N) is 1. The molecule has 0 aromatic heterocycles. The second-order valence-electron chi connectivity index (χ2n) is 6.08. The minimum absolute atomic E-state index is 0.0666. The molecule has 0 saturated carbocycles. The third-order valence-electron chi connectivity index (χ3n) is 3.84. The molecule has 0 rings (SSSR count). The van der Waals surface area contributed by atoms with Gasteiger partial charge in [-0.25, -0.2) is 0 Å². The van der Waals surface area contributed by atoms with Crippen LogP contribution in [0.5, 0.6) is 0 Å². The summed E-state index contributed by atoms with van der Waals surface area (Å²) in [5.41, 5.74) is 4.78. The number of ether oxygens (including phenoxy) is 1. The van der Waals surface area contributed by atoms with Gasteiger partial charge in [0.2, 0.25) is 0 Å². The van der Waals surface area contributed by atoms with E-state index in [-0.39, 0.29) is 12.6 Å². The maximum atomic E-state index is 10.9. The van der Waals surface area contributed by atoms with E-state index in [1.807, 2.05) is 0 Å². The van der Waals surface area contributed by atoms with Crippen LogP contribution in [0.25, 0.3) is 0 Å². The van der Waals surface area contributed by atoms with Crippen LogP contribution >= 0.6 is 0 Å². The van der Waals surface area contributed by atoms with Crippen LogP contribution in [0.1, 0.15) is 96.8 Å². The molecule has 4 heteroatoms. The topological polar surface area (TPSA) is 72.5 Å². The zero-order valence-corrected chi connectivity index (χ0v) is 15.7. The normalized spacial score (nSPS) is 10.1. The highest BCUT2D eigenvalue weighted by atomic mass is 16.5. The highest BCUT2D eigenvalue weighted by Gasteiger charge is 1.99. The van der Waals surface area contributed by atoms with Gasteiger partial charge in [0.15, 0.2) is 0 Å². The van der Waals surface area contributed by atoms with E-state index in [1.54, 1.807) is 0 Å². The summed E-state index contributed by atoms with van der Waals surface area (Å²) < 4.78 is 4.62. The Morgan fingerprint density at radius 2 is 1.17 bits per heavy atom. The molecule has 23 heavy (non-hydrogen) atoms. The van der Waals surface area contributed by atoms with Crippen molar-refractivity contribution in [2.75, 3.05) is 20.3 Å². The predicted molar refractivity (Wildman–Crippen MR) is 98.5 cm³/mol. The summed E-state index contributed by atoms with van der Waals surface area (Å²) in [6, 6.07) is 0. The maximum Gasteiger partial charge on any atom is 0.305 e. The largest absolute Gasteiger partial charge is 0.469 e. The number of methoxy groups -OCH3 is 1. The van der Waals surface area contributed by atoms with Gasteiger partial charge in [0.1, 0.15) is 0 Å². The summed E-state index contributed by atoms with van der Waals surface area (Å²) in [4.78, 5) is 10.9. The van der Waals surface area contributed by atoms with Crippen molar-refractivity contribution in [2.45, 2.75) is 96.8 Å². The Kier molecular flexibility index (Phi) is 25.3. The highest BCUT2D eigenvalue weighted by Crippen LogP contribution is 2.12. The summed E-state index contributed by atoms with van der Waals surface area (Å²) in [7, 11) is 1.46. The van der Waals surface area contributed by atoms with E-state index < -0.39 is 0 Å². The van der Waals surface area contributed by atoms with Crippen LogP contribution in [0.4, 0.5) is 0 Å². The number of unbranched alkanes of at least 4 members (excludes halogenated alkanes) is 12. The summed E-state index contributed by atoms with van der Waals surface area (Å²) >= 11 is 0. The SMILES string of the molecule is CCCCCCCCCCCCCCCC(=O)OC.NCCO. The van der Waals surface area contributed by atoms with Crippen molar-refractivity contribution in [3.8, 4) is 0 Å². The zero-order chi connectivity index (χ0) is 17.6. The van der Waals surface area contributed by atoms with Crippen molar-refractivity contribution >= 4 is 5.97 Å². The van der Waals surface area contributed by atoms with Gasteiger partial charge in [-0.15, -0.1) is 0 Å². The molecule has 3 N–H and O–H groups in total. The van der Waals surface area contributed by atoms with Crippen LogP contribution < -0.4 is 5.73 Å². The van der Waals surface area contributed by atoms with E-state index in [0.29, 0.717) is 13.0 Å². The van der Waals surface area contributed by atoms with Crippen LogP contribution in [0.3, 0.4) is 0 Å². The molecule has 140 valence electrons. The number of hydrogen-bond acceptors (Lipinski definition) is 4. The lowest BCUT2D eigenvalue weighted by atomic mass is 10.0. The molecule has 0 bridgehead atoms. The molecule has 0 atom stereocenters. The fraction of sp³-hybridized carbons (Fsp3) is 0.947. The molecule has 0 aliphatic rings. The van der Waals surface area contributed by atoms with Gasteiger partial charge < -0.3 is 15.6 Å². The fourth-order valence-electron chi connectivity index (χ4n) is 2.39. The Balaban J connectivity index is 0. The molecule has 0 amide bonds. The number of rotatable bonds is 15. The molecule has 0 spiro atoms. The number of esters is 1. The lowest BCUT2D eigenvalue weighted by molar-refractivity contribution is -0.140. The molecule has 4 nitrogen and oxygen atoms in total. The third kappa shape index (κ3) is 26.6. The minimum atomic E-state index is -0.0666. The molecule has 0 heterocycles. The molecular weight excluding hydrogens is 290 g/mol. The zero-order valence-electron chi connectivity index (χ0n) is 15.7. The fourth-order valence-corrected chi connectivity index (χ4v) is 2.39. The van der Waals surface area contributed by atoms with E-state index in [2.05, 4.69) is 11.7 Å². The van der Waals surface area contributed by atoms with Gasteiger partial charge in [-0.05, 0) is 6.42 Å². The first kappa shape index (κ1) is 24.6. The van der Waals surface area contributed by atoms with Crippen molar-refractivity contribution in [3.63, 3.8) is 0 Å². The van der Waals surface area contributed by atoms with Crippen molar-refractivity contribution in [3.05, 3.63) is 0 Å². The first-order chi connectivity index (χ1) is 11.2. The summed E-state index contributed by atoms with van der Waals surface area (Å²) in [5, 5.41) is 7.75. The second kappa shape index (κ2) is 23.7. The summed E-state index contributed by atoms with van der Waals surface area (Å²) in [6.45, 7) is 2.74. The van der Waals surface area contributed by atoms with Crippen molar-refractivity contribution in [1.82, 2.24) is 0 Å². The minimum Gasteiger partial charge on any atom is -0.469 e. The quantitative estimate of drug-likeness (QED) is 0.340. The molecule has 0 aliphatic carbocycles. The molecule has 0 aromatic rings. The Labute approximate surface area is 144 Å². The van der Waals surface area contributed by atoms with Gasteiger partial charge in [0.05, 0.1) is 13.7 Å². The Morgan fingerprint density at radius 3 is 1.48 bits per heavy atom. The smallest absolute Gasteiger partial charge is 0.305 e. The standard InChI is InChI=1S/C17H34O2.C2H7NO/c1-3-4-5-6-7-8-9-10-11-12-13-14-15-16-17(18)19-2;3-1-2-4/h3-16H2,1-2H3;4H,1-3H2. The number of carbonyl (C=O) groups excluding carboxylic acids is 1. The molecule has 0 aliphatic heterocycles. The average molecular weight is 332 g/mol. The maximum absolute atomic E-state index is 10.9. The Bertz CT molecular complexity index is 221. The van der Waals surface area contributed by atoms with Crippen LogP contribution in [0.15, 0.2) is 0 Å². The van der Waals surface area contributed by atoms with E-state index >= 15 is 0 Å². The van der Waals surface area contributed by atoms with Gasteiger partial charge in [-0.2, -0.15) is 0 Å². The number of aliphatic hydroxyl groups excluding tert-OH is 1. The van der Waals surface area contributed by atoms with Crippen molar-refractivity contribution < 1.29 is 14.6 Å². The number of carbonyl (C=O) groups is 1. The van der Waals surface area contributed by atoms with Gasteiger partial charge in [-0.3, -0.25) is 4.79 Å². The van der Waals surface area contributed by atoms with Crippen LogP contribution in [-0.4, -0.2) is 31.3 Å². The molecule has 0 unspecified atom stereocenters.